The second kappa shape index (κ2) is 26.9. The highest BCUT2D eigenvalue weighted by Crippen LogP contribution is 2.40. The van der Waals surface area contributed by atoms with Gasteiger partial charge in [0.2, 0.25) is 11.9 Å². The Hall–Kier alpha value is -3.03. The van der Waals surface area contributed by atoms with Gasteiger partial charge in [-0.1, -0.05) is 178 Å². The van der Waals surface area contributed by atoms with E-state index in [9.17, 15) is 9.59 Å². The summed E-state index contributed by atoms with van der Waals surface area (Å²) in [5, 5.41) is 0. The van der Waals surface area contributed by atoms with Gasteiger partial charge in [0.05, 0.1) is 12.5 Å². The molecule has 2 aromatic rings. The van der Waals surface area contributed by atoms with Crippen LogP contribution in [0, 0.1) is 17.8 Å². The van der Waals surface area contributed by atoms with Crippen LogP contribution < -0.4 is 0 Å². The number of ketones is 1. The van der Waals surface area contributed by atoms with Gasteiger partial charge in [0.1, 0.15) is 11.9 Å². The number of esters is 2. The van der Waals surface area contributed by atoms with E-state index in [1.165, 1.54) is 64.2 Å². The summed E-state index contributed by atoms with van der Waals surface area (Å²) in [7, 11) is 0. The molecule has 5 unspecified atom stereocenters. The van der Waals surface area contributed by atoms with Crippen molar-refractivity contribution >= 4 is 17.7 Å². The van der Waals surface area contributed by atoms with E-state index in [0.29, 0.717) is 68.1 Å². The molecule has 5 atom stereocenters. The SMILES string of the molecule is CCCCCCCCCCCCCCCC(OC(=O)C1CCOC1)OC(C(=O)OC1CC(C)CCC(CC(=O)CCCCC)C1)(c1ccccc1)c1ccccc1. The van der Waals surface area contributed by atoms with E-state index in [4.69, 9.17) is 18.9 Å². The molecule has 1 saturated carbocycles. The van der Waals surface area contributed by atoms with E-state index in [0.717, 1.165) is 57.8 Å². The number of ether oxygens (including phenoxy) is 4. The minimum Gasteiger partial charge on any atom is -0.460 e. The average Bonchev–Trinajstić information content (AvgIpc) is 3.71. The smallest absolute Gasteiger partial charge is 0.348 e. The summed E-state index contributed by atoms with van der Waals surface area (Å²) in [6.45, 7) is 7.49. The monoisotopic (exact) mass is 789 g/mol. The Morgan fingerprint density at radius 3 is 1.82 bits per heavy atom. The van der Waals surface area contributed by atoms with Crippen LogP contribution in [0.2, 0.25) is 0 Å². The predicted molar refractivity (Wildman–Crippen MR) is 229 cm³/mol. The number of Topliss-reactive ketones (excluding diaryl/α,β-unsaturated/α-hetero) is 1. The van der Waals surface area contributed by atoms with Gasteiger partial charge in [0, 0.05) is 25.9 Å². The maximum absolute atomic E-state index is 15.1. The number of carbonyl (C=O) groups excluding carboxylic acids is 3. The Balaban J connectivity index is 1.51. The van der Waals surface area contributed by atoms with Gasteiger partial charge in [-0.05, 0) is 61.5 Å². The maximum atomic E-state index is 15.1. The molecule has 2 aromatic carbocycles. The molecule has 0 spiro atoms. The van der Waals surface area contributed by atoms with E-state index in [-0.39, 0.29) is 23.9 Å². The first-order valence-electron chi connectivity index (χ1n) is 23.2. The molecule has 1 heterocycles. The molecular weight excluding hydrogens is 713 g/mol. The number of carbonyl (C=O) groups is 3. The first-order chi connectivity index (χ1) is 27.8. The fraction of sp³-hybridized carbons (Fsp3) is 0.700. The van der Waals surface area contributed by atoms with E-state index >= 15 is 4.79 Å². The van der Waals surface area contributed by atoms with Crippen LogP contribution >= 0.6 is 0 Å². The van der Waals surface area contributed by atoms with Gasteiger partial charge in [0.25, 0.3) is 0 Å². The molecule has 2 aliphatic rings. The van der Waals surface area contributed by atoms with Crippen molar-refractivity contribution in [3.05, 3.63) is 71.8 Å². The number of hydrogen-bond donors (Lipinski definition) is 0. The molecule has 0 bridgehead atoms. The quantitative estimate of drug-likeness (QED) is 0.0367. The average molecular weight is 789 g/mol. The Kier molecular flexibility index (Phi) is 22.0. The summed E-state index contributed by atoms with van der Waals surface area (Å²) in [4.78, 5) is 41.7. The Labute approximate surface area is 345 Å². The zero-order valence-corrected chi connectivity index (χ0v) is 35.9. The van der Waals surface area contributed by atoms with Gasteiger partial charge in [-0.2, -0.15) is 0 Å². The minimum atomic E-state index is -1.68. The van der Waals surface area contributed by atoms with Crippen molar-refractivity contribution in [2.24, 2.45) is 17.8 Å². The topological polar surface area (TPSA) is 88.1 Å². The van der Waals surface area contributed by atoms with Gasteiger partial charge in [-0.15, -0.1) is 0 Å². The molecule has 0 amide bonds. The molecule has 1 saturated heterocycles. The summed E-state index contributed by atoms with van der Waals surface area (Å²) < 4.78 is 25.4. The van der Waals surface area contributed by atoms with Crippen molar-refractivity contribution in [1.82, 2.24) is 0 Å². The van der Waals surface area contributed by atoms with Gasteiger partial charge in [-0.3, -0.25) is 9.59 Å². The fourth-order valence-electron chi connectivity index (χ4n) is 8.73. The standard InChI is InChI=1S/C50H76O7/c1-4-6-8-9-10-11-12-13-14-15-16-17-25-31-47(56-48(52)42-34-35-54-39-42)57-50(43-26-21-18-22-27-43,44-28-23-19-24-29-44)49(53)55-46-36-40(3)32-33-41(38-46)37-45(51)30-20-7-5-2/h18-19,21-24,26-29,40-42,46-47H,4-17,20,25,30-39H2,1-3H3. The van der Waals surface area contributed by atoms with Gasteiger partial charge < -0.3 is 18.9 Å². The van der Waals surface area contributed by atoms with Crippen molar-refractivity contribution in [1.29, 1.82) is 0 Å². The summed E-state index contributed by atoms with van der Waals surface area (Å²) in [5.74, 6) is -0.383. The van der Waals surface area contributed by atoms with Crippen molar-refractivity contribution in [2.75, 3.05) is 13.2 Å². The van der Waals surface area contributed by atoms with Gasteiger partial charge in [-0.25, -0.2) is 4.79 Å². The lowest BCUT2D eigenvalue weighted by atomic mass is 9.85. The molecule has 2 fully saturated rings. The van der Waals surface area contributed by atoms with Crippen LogP contribution in [-0.4, -0.2) is 43.3 Å². The highest BCUT2D eigenvalue weighted by molar-refractivity contribution is 5.86. The first-order valence-corrected chi connectivity index (χ1v) is 23.2. The summed E-state index contributed by atoms with van der Waals surface area (Å²) in [6, 6.07) is 19.1. The molecule has 1 aliphatic heterocycles. The molecular formula is C50H76O7. The summed E-state index contributed by atoms with van der Waals surface area (Å²) in [6.07, 6.45) is 23.3. The van der Waals surface area contributed by atoms with Crippen molar-refractivity contribution in [2.45, 2.75) is 193 Å². The molecule has 57 heavy (non-hydrogen) atoms. The first kappa shape index (κ1) is 46.7. The van der Waals surface area contributed by atoms with E-state index in [1.54, 1.807) is 0 Å². The van der Waals surface area contributed by atoms with E-state index in [2.05, 4.69) is 20.8 Å². The molecule has 0 aromatic heterocycles. The zero-order chi connectivity index (χ0) is 40.6. The highest BCUT2D eigenvalue weighted by Gasteiger charge is 2.49. The third kappa shape index (κ3) is 16.3. The van der Waals surface area contributed by atoms with Crippen LogP contribution in [0.15, 0.2) is 60.7 Å². The number of benzene rings is 2. The van der Waals surface area contributed by atoms with Crippen LogP contribution in [0.4, 0.5) is 0 Å². The number of rotatable bonds is 28. The van der Waals surface area contributed by atoms with Crippen molar-refractivity contribution < 1.29 is 33.3 Å². The van der Waals surface area contributed by atoms with Crippen LogP contribution in [0.5, 0.6) is 0 Å². The Morgan fingerprint density at radius 1 is 0.702 bits per heavy atom. The summed E-state index contributed by atoms with van der Waals surface area (Å²) >= 11 is 0. The van der Waals surface area contributed by atoms with Crippen LogP contribution in [0.3, 0.4) is 0 Å². The van der Waals surface area contributed by atoms with Crippen molar-refractivity contribution in [3.8, 4) is 0 Å². The predicted octanol–water partition coefficient (Wildman–Crippen LogP) is 12.6. The van der Waals surface area contributed by atoms with Gasteiger partial charge in [0.15, 0.2) is 0 Å². The molecule has 1 aliphatic carbocycles. The Bertz CT molecular complexity index is 1350. The molecule has 7 heteroatoms. The lowest BCUT2D eigenvalue weighted by Crippen LogP contribution is -2.47. The molecule has 0 radical (unpaired) electrons. The van der Waals surface area contributed by atoms with Crippen LogP contribution in [0.1, 0.15) is 186 Å². The number of unbranched alkanes of at least 4 members (excludes halogenated alkanes) is 14. The lowest BCUT2D eigenvalue weighted by Gasteiger charge is -2.37. The van der Waals surface area contributed by atoms with E-state index < -0.39 is 17.9 Å². The van der Waals surface area contributed by atoms with Crippen molar-refractivity contribution in [3.63, 3.8) is 0 Å². The molecule has 318 valence electrons. The molecule has 0 N–H and O–H groups in total. The fourth-order valence-corrected chi connectivity index (χ4v) is 8.73. The second-order valence-corrected chi connectivity index (χ2v) is 17.2. The molecule has 7 nitrogen and oxygen atoms in total. The number of hydrogen-bond acceptors (Lipinski definition) is 7. The van der Waals surface area contributed by atoms with Crippen LogP contribution in [0.25, 0.3) is 0 Å². The minimum absolute atomic E-state index is 0.170. The van der Waals surface area contributed by atoms with Crippen LogP contribution in [-0.2, 0) is 38.9 Å². The highest BCUT2D eigenvalue weighted by atomic mass is 16.7. The third-order valence-electron chi connectivity index (χ3n) is 12.2. The molecule has 4 rings (SSSR count). The third-order valence-corrected chi connectivity index (χ3v) is 12.2. The maximum Gasteiger partial charge on any atom is 0.348 e. The largest absolute Gasteiger partial charge is 0.460 e. The normalized spacial score (nSPS) is 20.5. The zero-order valence-electron chi connectivity index (χ0n) is 35.9. The summed E-state index contributed by atoms with van der Waals surface area (Å²) in [5.41, 5.74) is -0.431. The lowest BCUT2D eigenvalue weighted by molar-refractivity contribution is -0.225. The Morgan fingerprint density at radius 2 is 1.26 bits per heavy atom. The van der Waals surface area contributed by atoms with E-state index in [1.807, 2.05) is 60.7 Å². The second-order valence-electron chi connectivity index (χ2n) is 17.2. The van der Waals surface area contributed by atoms with Gasteiger partial charge >= 0.3 is 11.9 Å².